The zero-order valence-corrected chi connectivity index (χ0v) is 6.95. The van der Waals surface area contributed by atoms with Gasteiger partial charge in [0.1, 0.15) is 0 Å². The summed E-state index contributed by atoms with van der Waals surface area (Å²) in [6.07, 6.45) is 6.35. The van der Waals surface area contributed by atoms with Crippen molar-refractivity contribution < 1.29 is 0 Å². The summed E-state index contributed by atoms with van der Waals surface area (Å²) >= 11 is 0. The molecule has 1 spiro atoms. The molecular formula is C10H15N. The Kier molecular flexibility index (Phi) is 1.87. The minimum absolute atomic E-state index is 0.622. The molecule has 1 saturated heterocycles. The monoisotopic (exact) mass is 149 g/mol. The lowest BCUT2D eigenvalue weighted by molar-refractivity contribution is 0.189. The van der Waals surface area contributed by atoms with Crippen molar-refractivity contribution in [2.45, 2.75) is 32.1 Å². The van der Waals surface area contributed by atoms with Gasteiger partial charge in [-0.15, -0.1) is 11.8 Å². The van der Waals surface area contributed by atoms with E-state index in [9.17, 15) is 0 Å². The lowest BCUT2D eigenvalue weighted by Crippen LogP contribution is -2.37. The van der Waals surface area contributed by atoms with Crippen LogP contribution in [0.3, 0.4) is 0 Å². The molecule has 2 rings (SSSR count). The minimum Gasteiger partial charge on any atom is -0.317 e. The first-order valence-corrected chi connectivity index (χ1v) is 4.58. The second kappa shape index (κ2) is 2.87. The van der Waals surface area contributed by atoms with Crippen LogP contribution in [0.1, 0.15) is 32.1 Å². The molecule has 0 amide bonds. The van der Waals surface area contributed by atoms with Crippen molar-refractivity contribution in [1.82, 2.24) is 5.32 Å². The molecule has 0 unspecified atom stereocenters. The summed E-state index contributed by atoms with van der Waals surface area (Å²) in [5, 5.41) is 3.41. The van der Waals surface area contributed by atoms with Gasteiger partial charge < -0.3 is 5.32 Å². The highest BCUT2D eigenvalue weighted by Crippen LogP contribution is 2.38. The molecule has 1 aliphatic heterocycles. The van der Waals surface area contributed by atoms with Crippen LogP contribution in [0, 0.1) is 17.3 Å². The van der Waals surface area contributed by atoms with Crippen molar-refractivity contribution in [3.63, 3.8) is 0 Å². The van der Waals surface area contributed by atoms with Gasteiger partial charge in [-0.25, -0.2) is 0 Å². The maximum Gasteiger partial charge on any atom is 0.0147 e. The fourth-order valence-electron chi connectivity index (χ4n) is 2.14. The molecule has 0 aromatic rings. The summed E-state index contributed by atoms with van der Waals surface area (Å²) in [6.45, 7) is 2.42. The molecule has 0 aromatic heterocycles. The lowest BCUT2D eigenvalue weighted by Gasteiger charge is -2.37. The maximum absolute atomic E-state index is 3.41. The average Bonchev–Trinajstić information content (AvgIpc) is 2.07. The van der Waals surface area contributed by atoms with Gasteiger partial charge in [0.25, 0.3) is 0 Å². The van der Waals surface area contributed by atoms with Crippen LogP contribution in [0.5, 0.6) is 0 Å². The van der Waals surface area contributed by atoms with Crippen molar-refractivity contribution in [3.8, 4) is 11.8 Å². The summed E-state index contributed by atoms with van der Waals surface area (Å²) in [6, 6.07) is 0. The van der Waals surface area contributed by atoms with Gasteiger partial charge in [0, 0.05) is 12.8 Å². The fourth-order valence-corrected chi connectivity index (χ4v) is 2.14. The van der Waals surface area contributed by atoms with Crippen molar-refractivity contribution in [2.24, 2.45) is 5.41 Å². The molecule has 0 radical (unpaired) electrons. The molecule has 1 heterocycles. The third-order valence-electron chi connectivity index (χ3n) is 3.03. The minimum atomic E-state index is 0.622. The van der Waals surface area contributed by atoms with E-state index in [1.807, 2.05) is 0 Å². The van der Waals surface area contributed by atoms with Crippen LogP contribution in [0.15, 0.2) is 0 Å². The molecule has 60 valence electrons. The molecule has 0 bridgehead atoms. The Labute approximate surface area is 68.6 Å². The third kappa shape index (κ3) is 1.41. The lowest BCUT2D eigenvalue weighted by atomic mass is 9.71. The van der Waals surface area contributed by atoms with Crippen LogP contribution in [-0.2, 0) is 0 Å². The first-order chi connectivity index (χ1) is 5.41. The standard InChI is InChI=1S/C10H15N/c1-2-4-10(5-3-1)6-8-11-9-7-10/h11H,2,4-9H2. The van der Waals surface area contributed by atoms with Crippen LogP contribution < -0.4 is 5.32 Å². The normalized spacial score (nSPS) is 27.6. The van der Waals surface area contributed by atoms with Gasteiger partial charge in [-0.2, -0.15) is 0 Å². The molecule has 0 aromatic carbocycles. The SMILES string of the molecule is C1#CCC2(CC1)CCNCC2. The van der Waals surface area contributed by atoms with E-state index in [4.69, 9.17) is 0 Å². The Balaban J connectivity index is 2.04. The van der Waals surface area contributed by atoms with E-state index in [-0.39, 0.29) is 0 Å². The molecular weight excluding hydrogens is 134 g/mol. The zero-order valence-electron chi connectivity index (χ0n) is 6.95. The van der Waals surface area contributed by atoms with Crippen LogP contribution in [0.4, 0.5) is 0 Å². The Morgan fingerprint density at radius 3 is 2.45 bits per heavy atom. The van der Waals surface area contributed by atoms with E-state index >= 15 is 0 Å². The summed E-state index contributed by atoms with van der Waals surface area (Å²) < 4.78 is 0. The summed E-state index contributed by atoms with van der Waals surface area (Å²) in [4.78, 5) is 0. The van der Waals surface area contributed by atoms with Gasteiger partial charge >= 0.3 is 0 Å². The molecule has 0 atom stereocenters. The van der Waals surface area contributed by atoms with Crippen LogP contribution in [0.25, 0.3) is 0 Å². The molecule has 1 fully saturated rings. The van der Waals surface area contributed by atoms with Gasteiger partial charge in [0.2, 0.25) is 0 Å². The van der Waals surface area contributed by atoms with Gasteiger partial charge in [-0.1, -0.05) is 0 Å². The number of nitrogens with one attached hydrogen (secondary N) is 1. The van der Waals surface area contributed by atoms with Crippen molar-refractivity contribution >= 4 is 0 Å². The van der Waals surface area contributed by atoms with Crippen LogP contribution >= 0.6 is 0 Å². The van der Waals surface area contributed by atoms with Gasteiger partial charge in [0.15, 0.2) is 0 Å². The molecule has 11 heavy (non-hydrogen) atoms. The number of hydrogen-bond acceptors (Lipinski definition) is 1. The Morgan fingerprint density at radius 2 is 1.82 bits per heavy atom. The quantitative estimate of drug-likeness (QED) is 0.515. The first kappa shape index (κ1) is 7.18. The van der Waals surface area contributed by atoms with Gasteiger partial charge in [0.05, 0.1) is 0 Å². The second-order valence-electron chi connectivity index (χ2n) is 3.78. The zero-order chi connectivity index (χ0) is 7.57. The average molecular weight is 149 g/mol. The van der Waals surface area contributed by atoms with E-state index in [0.717, 1.165) is 12.8 Å². The maximum atomic E-state index is 3.41. The molecule has 0 saturated carbocycles. The Hall–Kier alpha value is -0.480. The molecule has 1 N–H and O–H groups in total. The van der Waals surface area contributed by atoms with E-state index in [1.165, 1.54) is 32.4 Å². The van der Waals surface area contributed by atoms with Crippen LogP contribution in [0.2, 0.25) is 0 Å². The summed E-state index contributed by atoms with van der Waals surface area (Å²) in [7, 11) is 0. The third-order valence-corrected chi connectivity index (χ3v) is 3.03. The highest BCUT2D eigenvalue weighted by Gasteiger charge is 2.31. The van der Waals surface area contributed by atoms with E-state index < -0.39 is 0 Å². The number of rotatable bonds is 0. The fraction of sp³-hybridized carbons (Fsp3) is 0.800. The smallest absolute Gasteiger partial charge is 0.0147 e. The molecule has 1 nitrogen and oxygen atoms in total. The molecule has 1 aliphatic carbocycles. The van der Waals surface area contributed by atoms with Gasteiger partial charge in [-0.3, -0.25) is 0 Å². The predicted octanol–water partition coefficient (Wildman–Crippen LogP) is 1.54. The number of piperidine rings is 1. The Morgan fingerprint density at radius 1 is 1.00 bits per heavy atom. The second-order valence-corrected chi connectivity index (χ2v) is 3.78. The van der Waals surface area contributed by atoms with E-state index in [0.29, 0.717) is 5.41 Å². The van der Waals surface area contributed by atoms with E-state index in [1.54, 1.807) is 0 Å². The van der Waals surface area contributed by atoms with Crippen LogP contribution in [-0.4, -0.2) is 13.1 Å². The highest BCUT2D eigenvalue weighted by molar-refractivity contribution is 5.09. The topological polar surface area (TPSA) is 12.0 Å². The van der Waals surface area contributed by atoms with Crippen molar-refractivity contribution in [1.29, 1.82) is 0 Å². The first-order valence-electron chi connectivity index (χ1n) is 4.58. The van der Waals surface area contributed by atoms with E-state index in [2.05, 4.69) is 17.2 Å². The van der Waals surface area contributed by atoms with Gasteiger partial charge in [-0.05, 0) is 37.8 Å². The highest BCUT2D eigenvalue weighted by atomic mass is 14.9. The Bertz CT molecular complexity index is 191. The largest absolute Gasteiger partial charge is 0.317 e. The summed E-state index contributed by atoms with van der Waals surface area (Å²) in [5.41, 5.74) is 0.622. The number of hydrogen-bond donors (Lipinski definition) is 1. The molecule has 1 heteroatoms. The summed E-state index contributed by atoms with van der Waals surface area (Å²) in [5.74, 6) is 6.45. The van der Waals surface area contributed by atoms with Crippen molar-refractivity contribution in [3.05, 3.63) is 0 Å². The predicted molar refractivity (Wildman–Crippen MR) is 46.2 cm³/mol. The molecule has 2 aliphatic rings. The van der Waals surface area contributed by atoms with Crippen molar-refractivity contribution in [2.75, 3.05) is 13.1 Å².